The van der Waals surface area contributed by atoms with Crippen LogP contribution in [0.25, 0.3) is 0 Å². The van der Waals surface area contributed by atoms with Gasteiger partial charge in [-0.05, 0) is 13.0 Å². The molecule has 15 heavy (non-hydrogen) atoms. The molecule has 1 unspecified atom stereocenters. The lowest BCUT2D eigenvalue weighted by Crippen LogP contribution is -2.37. The molecule has 0 spiro atoms. The van der Waals surface area contributed by atoms with Crippen LogP contribution in [0.2, 0.25) is 0 Å². The van der Waals surface area contributed by atoms with Crippen molar-refractivity contribution < 1.29 is 18.0 Å². The first-order valence-corrected chi connectivity index (χ1v) is 4.21. The van der Waals surface area contributed by atoms with Gasteiger partial charge in [0, 0.05) is 17.8 Å². The summed E-state index contributed by atoms with van der Waals surface area (Å²) >= 11 is 0. The summed E-state index contributed by atoms with van der Waals surface area (Å²) < 4.78 is 36.7. The number of aromatic nitrogens is 1. The Morgan fingerprint density at radius 3 is 2.73 bits per heavy atom. The Kier molecular flexibility index (Phi) is 3.65. The van der Waals surface area contributed by atoms with Crippen LogP contribution in [0.15, 0.2) is 18.3 Å². The minimum absolute atomic E-state index is 0.0324. The number of halogens is 3. The molecular weight excluding hydrogens is 209 g/mol. The average Bonchev–Trinajstić information content (AvgIpc) is 2.17. The molecule has 1 rings (SSSR count). The van der Waals surface area contributed by atoms with Crippen LogP contribution < -0.4 is 5.32 Å². The summed E-state index contributed by atoms with van der Waals surface area (Å²) in [4.78, 5) is 14.5. The third kappa shape index (κ3) is 3.23. The molecule has 0 saturated heterocycles. The summed E-state index contributed by atoms with van der Waals surface area (Å²) in [6, 6.07) is 0.859. The lowest BCUT2D eigenvalue weighted by Gasteiger charge is -2.12. The summed E-state index contributed by atoms with van der Waals surface area (Å²) in [5.41, 5.74) is -0.0324. The van der Waals surface area contributed by atoms with Crippen LogP contribution in [-0.2, 0) is 0 Å². The lowest BCUT2D eigenvalue weighted by atomic mass is 10.2. The Bertz CT molecular complexity index is 357. The van der Waals surface area contributed by atoms with Gasteiger partial charge in [-0.15, -0.1) is 0 Å². The monoisotopic (exact) mass is 218 g/mol. The number of hydrogen-bond donors (Lipinski definition) is 1. The van der Waals surface area contributed by atoms with Crippen LogP contribution in [0.1, 0.15) is 17.3 Å². The standard InChI is InChI=1S/C9H9F3N2O/c1-5(8(11)12)14-9(15)6-2-3-13-7(10)4-6/h2-5,8H,1H3,(H,14,15). The fourth-order valence-electron chi connectivity index (χ4n) is 0.897. The van der Waals surface area contributed by atoms with Gasteiger partial charge >= 0.3 is 0 Å². The predicted molar refractivity (Wildman–Crippen MR) is 47.1 cm³/mol. The fraction of sp³-hybridized carbons (Fsp3) is 0.333. The molecule has 0 aliphatic carbocycles. The Balaban J connectivity index is 2.69. The average molecular weight is 218 g/mol. The fourth-order valence-corrected chi connectivity index (χ4v) is 0.897. The quantitative estimate of drug-likeness (QED) is 0.783. The Labute approximate surface area is 84.3 Å². The van der Waals surface area contributed by atoms with E-state index in [9.17, 15) is 18.0 Å². The molecule has 0 fully saturated rings. The van der Waals surface area contributed by atoms with E-state index in [2.05, 4.69) is 4.98 Å². The third-order valence-electron chi connectivity index (χ3n) is 1.73. The summed E-state index contributed by atoms with van der Waals surface area (Å²) in [6.45, 7) is 1.17. The second-order valence-corrected chi connectivity index (χ2v) is 2.96. The molecule has 0 aromatic carbocycles. The molecule has 3 nitrogen and oxygen atoms in total. The molecule has 1 aromatic heterocycles. The van der Waals surface area contributed by atoms with Crippen LogP contribution in [-0.4, -0.2) is 23.4 Å². The number of pyridine rings is 1. The van der Waals surface area contributed by atoms with Crippen molar-refractivity contribution in [2.45, 2.75) is 19.4 Å². The van der Waals surface area contributed by atoms with Crippen molar-refractivity contribution >= 4 is 5.91 Å². The number of nitrogens with zero attached hydrogens (tertiary/aromatic N) is 1. The number of amides is 1. The number of rotatable bonds is 3. The molecule has 0 bridgehead atoms. The number of alkyl halides is 2. The molecule has 1 heterocycles. The molecule has 1 atom stereocenters. The van der Waals surface area contributed by atoms with E-state index in [4.69, 9.17) is 0 Å². The Hall–Kier alpha value is -1.59. The predicted octanol–water partition coefficient (Wildman–Crippen LogP) is 1.60. The van der Waals surface area contributed by atoms with Crippen molar-refractivity contribution in [1.29, 1.82) is 0 Å². The molecule has 0 radical (unpaired) electrons. The van der Waals surface area contributed by atoms with Gasteiger partial charge in [-0.1, -0.05) is 0 Å². The second kappa shape index (κ2) is 4.77. The zero-order chi connectivity index (χ0) is 11.4. The van der Waals surface area contributed by atoms with E-state index in [0.29, 0.717) is 0 Å². The molecular formula is C9H9F3N2O. The molecule has 1 aromatic rings. The Morgan fingerprint density at radius 1 is 1.53 bits per heavy atom. The zero-order valence-corrected chi connectivity index (χ0v) is 7.88. The van der Waals surface area contributed by atoms with E-state index in [1.807, 2.05) is 5.32 Å². The summed E-state index contributed by atoms with van der Waals surface area (Å²) in [5, 5.41) is 2.04. The first kappa shape index (κ1) is 11.5. The van der Waals surface area contributed by atoms with Gasteiger partial charge < -0.3 is 5.32 Å². The minimum Gasteiger partial charge on any atom is -0.344 e. The molecule has 6 heteroatoms. The van der Waals surface area contributed by atoms with E-state index >= 15 is 0 Å². The molecule has 0 saturated carbocycles. The van der Waals surface area contributed by atoms with Crippen LogP contribution in [0.5, 0.6) is 0 Å². The smallest absolute Gasteiger partial charge is 0.258 e. The first-order valence-electron chi connectivity index (χ1n) is 4.21. The summed E-state index contributed by atoms with van der Waals surface area (Å²) in [5.74, 6) is -1.57. The molecule has 1 amide bonds. The number of carbonyl (C=O) groups is 1. The lowest BCUT2D eigenvalue weighted by molar-refractivity contribution is 0.0779. The third-order valence-corrected chi connectivity index (χ3v) is 1.73. The van der Waals surface area contributed by atoms with Gasteiger partial charge in [-0.25, -0.2) is 13.8 Å². The largest absolute Gasteiger partial charge is 0.344 e. The van der Waals surface area contributed by atoms with E-state index < -0.39 is 24.3 Å². The maximum absolute atomic E-state index is 12.6. The van der Waals surface area contributed by atoms with Gasteiger partial charge in [0.1, 0.15) is 0 Å². The van der Waals surface area contributed by atoms with Crippen molar-refractivity contribution in [3.63, 3.8) is 0 Å². The van der Waals surface area contributed by atoms with Crippen molar-refractivity contribution in [3.05, 3.63) is 29.8 Å². The molecule has 0 aliphatic heterocycles. The number of nitrogens with one attached hydrogen (secondary N) is 1. The molecule has 0 aliphatic rings. The number of hydrogen-bond acceptors (Lipinski definition) is 2. The van der Waals surface area contributed by atoms with Gasteiger partial charge in [0.25, 0.3) is 12.3 Å². The molecule has 82 valence electrons. The van der Waals surface area contributed by atoms with Crippen LogP contribution in [0, 0.1) is 5.95 Å². The van der Waals surface area contributed by atoms with Crippen molar-refractivity contribution in [1.82, 2.24) is 10.3 Å². The van der Waals surface area contributed by atoms with Crippen molar-refractivity contribution in [2.75, 3.05) is 0 Å². The highest BCUT2D eigenvalue weighted by Gasteiger charge is 2.17. The SMILES string of the molecule is CC(NC(=O)c1ccnc(F)c1)C(F)F. The normalized spacial score (nSPS) is 12.6. The van der Waals surface area contributed by atoms with Gasteiger partial charge in [-0.2, -0.15) is 4.39 Å². The molecule has 1 N–H and O–H groups in total. The van der Waals surface area contributed by atoms with E-state index in [-0.39, 0.29) is 5.56 Å². The number of carbonyl (C=O) groups excluding carboxylic acids is 1. The highest BCUT2D eigenvalue weighted by molar-refractivity contribution is 5.94. The summed E-state index contributed by atoms with van der Waals surface area (Å²) in [7, 11) is 0. The van der Waals surface area contributed by atoms with Crippen molar-refractivity contribution in [3.8, 4) is 0 Å². The van der Waals surface area contributed by atoms with Gasteiger partial charge in [0.05, 0.1) is 6.04 Å². The van der Waals surface area contributed by atoms with Gasteiger partial charge in [0.15, 0.2) is 0 Å². The van der Waals surface area contributed by atoms with Gasteiger partial charge in [0.2, 0.25) is 5.95 Å². The van der Waals surface area contributed by atoms with E-state index in [0.717, 1.165) is 12.3 Å². The minimum atomic E-state index is -2.65. The van der Waals surface area contributed by atoms with Crippen LogP contribution in [0.3, 0.4) is 0 Å². The highest BCUT2D eigenvalue weighted by atomic mass is 19.3. The maximum atomic E-state index is 12.6. The second-order valence-electron chi connectivity index (χ2n) is 2.96. The highest BCUT2D eigenvalue weighted by Crippen LogP contribution is 2.04. The summed E-state index contributed by atoms with van der Waals surface area (Å²) in [6.07, 6.45) is -1.56. The van der Waals surface area contributed by atoms with Crippen LogP contribution >= 0.6 is 0 Å². The van der Waals surface area contributed by atoms with E-state index in [1.54, 1.807) is 0 Å². The topological polar surface area (TPSA) is 42.0 Å². The van der Waals surface area contributed by atoms with Crippen LogP contribution in [0.4, 0.5) is 13.2 Å². The first-order chi connectivity index (χ1) is 7.00. The van der Waals surface area contributed by atoms with E-state index in [1.165, 1.54) is 13.0 Å². The maximum Gasteiger partial charge on any atom is 0.258 e. The van der Waals surface area contributed by atoms with Crippen molar-refractivity contribution in [2.24, 2.45) is 0 Å². The Morgan fingerprint density at radius 2 is 2.20 bits per heavy atom. The zero-order valence-electron chi connectivity index (χ0n) is 7.88. The van der Waals surface area contributed by atoms with Gasteiger partial charge in [-0.3, -0.25) is 4.79 Å².